The molecule has 18 heavy (non-hydrogen) atoms. The summed E-state index contributed by atoms with van der Waals surface area (Å²) in [6.45, 7) is 0.289. The molecule has 100 valence electrons. The summed E-state index contributed by atoms with van der Waals surface area (Å²) in [5, 5.41) is 2.45. The van der Waals surface area contributed by atoms with Gasteiger partial charge in [0.25, 0.3) is 0 Å². The lowest BCUT2D eigenvalue weighted by Crippen LogP contribution is -2.42. The highest BCUT2D eigenvalue weighted by molar-refractivity contribution is 5.78. The first-order valence-electron chi connectivity index (χ1n) is 6.41. The summed E-state index contributed by atoms with van der Waals surface area (Å²) in [4.78, 5) is 25.3. The minimum absolute atomic E-state index is 0.125. The second kappa shape index (κ2) is 5.37. The number of nitrogens with zero attached hydrogens (tertiary/aromatic N) is 2. The SMILES string of the molecule is CN(Cc1c(=O)o[nH][n+]1C)C(=O)C1CCCCC1. The first kappa shape index (κ1) is 12.9. The van der Waals surface area contributed by atoms with Gasteiger partial charge in [-0.3, -0.25) is 9.32 Å². The fourth-order valence-electron chi connectivity index (χ4n) is 2.50. The van der Waals surface area contributed by atoms with Gasteiger partial charge in [-0.1, -0.05) is 23.9 Å². The van der Waals surface area contributed by atoms with Gasteiger partial charge < -0.3 is 4.90 Å². The molecule has 0 unspecified atom stereocenters. The van der Waals surface area contributed by atoms with Crippen LogP contribution in [0.3, 0.4) is 0 Å². The zero-order valence-electron chi connectivity index (χ0n) is 10.9. The number of H-pyrrole nitrogens is 1. The Bertz CT molecular complexity index is 471. The maximum absolute atomic E-state index is 12.2. The molecule has 2 rings (SSSR count). The Morgan fingerprint density at radius 3 is 2.67 bits per heavy atom. The monoisotopic (exact) mass is 254 g/mol. The predicted molar refractivity (Wildman–Crippen MR) is 63.6 cm³/mol. The van der Waals surface area contributed by atoms with Crippen molar-refractivity contribution >= 4 is 5.91 Å². The Labute approximate surface area is 106 Å². The summed E-state index contributed by atoms with van der Waals surface area (Å²) in [5.41, 5.74) is 0.0439. The van der Waals surface area contributed by atoms with Crippen LogP contribution >= 0.6 is 0 Å². The Morgan fingerprint density at radius 2 is 2.11 bits per heavy atom. The van der Waals surface area contributed by atoms with E-state index in [2.05, 4.69) is 9.79 Å². The van der Waals surface area contributed by atoms with Gasteiger partial charge in [0.1, 0.15) is 6.54 Å². The smallest absolute Gasteiger partial charge is 0.335 e. The van der Waals surface area contributed by atoms with Gasteiger partial charge in [-0.05, 0) is 18.1 Å². The van der Waals surface area contributed by atoms with Gasteiger partial charge in [-0.25, -0.2) is 4.79 Å². The zero-order chi connectivity index (χ0) is 13.1. The van der Waals surface area contributed by atoms with Crippen LogP contribution < -0.4 is 10.3 Å². The van der Waals surface area contributed by atoms with E-state index in [9.17, 15) is 9.59 Å². The third kappa shape index (κ3) is 2.63. The van der Waals surface area contributed by atoms with E-state index in [0.717, 1.165) is 25.7 Å². The Hall–Kier alpha value is -1.59. The van der Waals surface area contributed by atoms with E-state index in [4.69, 9.17) is 0 Å². The van der Waals surface area contributed by atoms with Crippen molar-refractivity contribution in [1.29, 1.82) is 0 Å². The van der Waals surface area contributed by atoms with E-state index in [-0.39, 0.29) is 18.4 Å². The van der Waals surface area contributed by atoms with Crippen molar-refractivity contribution in [3.63, 3.8) is 0 Å². The third-order valence-corrected chi connectivity index (χ3v) is 3.63. The Kier molecular flexibility index (Phi) is 3.84. The Balaban J connectivity index is 2.01. The van der Waals surface area contributed by atoms with Gasteiger partial charge in [0, 0.05) is 13.0 Å². The average molecular weight is 254 g/mol. The molecule has 6 nitrogen and oxygen atoms in total. The maximum Gasteiger partial charge on any atom is 0.431 e. The molecule has 0 radical (unpaired) electrons. The van der Waals surface area contributed by atoms with E-state index >= 15 is 0 Å². The molecule has 1 N–H and O–H groups in total. The molecule has 1 aliphatic carbocycles. The van der Waals surface area contributed by atoms with E-state index in [1.807, 2.05) is 0 Å². The number of carbonyl (C=O) groups excluding carboxylic acids is 1. The molecule has 1 saturated carbocycles. The number of rotatable bonds is 3. The van der Waals surface area contributed by atoms with Crippen molar-refractivity contribution in [3.05, 3.63) is 16.1 Å². The molecule has 0 spiro atoms. The molecule has 1 fully saturated rings. The van der Waals surface area contributed by atoms with Gasteiger partial charge in [0.05, 0.1) is 0 Å². The molecule has 0 bridgehead atoms. The second-order valence-corrected chi connectivity index (χ2v) is 5.02. The van der Waals surface area contributed by atoms with Gasteiger partial charge in [-0.15, -0.1) is 0 Å². The normalized spacial score (nSPS) is 16.8. The minimum Gasteiger partial charge on any atom is -0.335 e. The highest BCUT2D eigenvalue weighted by Gasteiger charge is 2.27. The lowest BCUT2D eigenvalue weighted by molar-refractivity contribution is -0.746. The number of aryl methyl sites for hydroxylation is 1. The first-order chi connectivity index (χ1) is 8.59. The number of aromatic nitrogens is 2. The molecule has 1 aromatic rings. The Morgan fingerprint density at radius 1 is 1.44 bits per heavy atom. The molecule has 1 amide bonds. The molecule has 0 aliphatic heterocycles. The second-order valence-electron chi connectivity index (χ2n) is 5.02. The van der Waals surface area contributed by atoms with Crippen molar-refractivity contribution in [2.75, 3.05) is 7.05 Å². The van der Waals surface area contributed by atoms with Crippen LogP contribution in [0.1, 0.15) is 37.8 Å². The van der Waals surface area contributed by atoms with Crippen LogP contribution in [0.25, 0.3) is 0 Å². The van der Waals surface area contributed by atoms with Gasteiger partial charge in [0.15, 0.2) is 7.05 Å². The van der Waals surface area contributed by atoms with Crippen molar-refractivity contribution in [1.82, 2.24) is 10.2 Å². The number of aromatic amines is 1. The average Bonchev–Trinajstić information content (AvgIpc) is 2.70. The maximum atomic E-state index is 12.2. The van der Waals surface area contributed by atoms with Crippen molar-refractivity contribution < 1.29 is 14.0 Å². The lowest BCUT2D eigenvalue weighted by atomic mass is 9.88. The fourth-order valence-corrected chi connectivity index (χ4v) is 2.50. The molecular weight excluding hydrogens is 234 g/mol. The van der Waals surface area contributed by atoms with Crippen LogP contribution in [0.5, 0.6) is 0 Å². The van der Waals surface area contributed by atoms with Crippen LogP contribution in [-0.2, 0) is 18.4 Å². The molecular formula is C12H20N3O3+. The number of nitrogens with one attached hydrogen (secondary N) is 1. The number of carbonyl (C=O) groups is 1. The van der Waals surface area contributed by atoms with Crippen LogP contribution in [0.15, 0.2) is 9.32 Å². The molecule has 1 heterocycles. The van der Waals surface area contributed by atoms with E-state index < -0.39 is 5.63 Å². The predicted octanol–water partition coefficient (Wildman–Crippen LogP) is 0.331. The molecule has 0 saturated heterocycles. The topological polar surface area (TPSA) is 70.2 Å². The molecule has 1 aliphatic rings. The summed E-state index contributed by atoms with van der Waals surface area (Å²) in [7, 11) is 3.43. The van der Waals surface area contributed by atoms with Gasteiger partial charge in [-0.2, -0.15) is 0 Å². The molecule has 1 aromatic heterocycles. The van der Waals surface area contributed by atoms with Gasteiger partial charge >= 0.3 is 11.3 Å². The largest absolute Gasteiger partial charge is 0.431 e. The fraction of sp³-hybridized carbons (Fsp3) is 0.750. The molecule has 0 atom stereocenters. The molecule has 0 aromatic carbocycles. The summed E-state index contributed by atoms with van der Waals surface area (Å²) in [5.74, 6) is 0.260. The highest BCUT2D eigenvalue weighted by atomic mass is 16.5. The summed E-state index contributed by atoms with van der Waals surface area (Å²) >= 11 is 0. The summed E-state index contributed by atoms with van der Waals surface area (Å²) < 4.78 is 6.17. The van der Waals surface area contributed by atoms with E-state index in [1.165, 1.54) is 11.1 Å². The number of hydrogen-bond donors (Lipinski definition) is 1. The van der Waals surface area contributed by atoms with Crippen LogP contribution in [0, 0.1) is 5.92 Å². The van der Waals surface area contributed by atoms with Crippen molar-refractivity contribution in [2.45, 2.75) is 38.6 Å². The zero-order valence-corrected chi connectivity index (χ0v) is 10.9. The quantitative estimate of drug-likeness (QED) is 0.790. The third-order valence-electron chi connectivity index (χ3n) is 3.63. The van der Waals surface area contributed by atoms with Crippen LogP contribution in [0.2, 0.25) is 0 Å². The van der Waals surface area contributed by atoms with Crippen LogP contribution in [-0.4, -0.2) is 23.1 Å². The van der Waals surface area contributed by atoms with Crippen LogP contribution in [0.4, 0.5) is 0 Å². The van der Waals surface area contributed by atoms with E-state index in [1.54, 1.807) is 19.0 Å². The van der Waals surface area contributed by atoms with E-state index in [0.29, 0.717) is 5.69 Å². The highest BCUT2D eigenvalue weighted by Crippen LogP contribution is 2.25. The first-order valence-corrected chi connectivity index (χ1v) is 6.41. The number of amides is 1. The molecule has 6 heteroatoms. The van der Waals surface area contributed by atoms with Crippen molar-refractivity contribution in [3.8, 4) is 0 Å². The summed E-state index contributed by atoms with van der Waals surface area (Å²) in [6, 6.07) is 0. The van der Waals surface area contributed by atoms with Crippen molar-refractivity contribution in [2.24, 2.45) is 13.0 Å². The number of hydrogen-bond acceptors (Lipinski definition) is 3. The lowest BCUT2D eigenvalue weighted by Gasteiger charge is -2.25. The summed E-state index contributed by atoms with van der Waals surface area (Å²) in [6.07, 6.45) is 5.42. The van der Waals surface area contributed by atoms with Gasteiger partial charge in [0.2, 0.25) is 5.91 Å². The minimum atomic E-state index is -0.416. The standard InChI is InChI=1S/C12H19N3O3/c1-14(8-10-12(17)18-13-15(10)2)11(16)9-6-4-3-5-7-9/h9H,3-8H2,1-2H3/p+1.